The summed E-state index contributed by atoms with van der Waals surface area (Å²) < 4.78 is 11.1. The summed E-state index contributed by atoms with van der Waals surface area (Å²) in [4.78, 5) is 12.2. The molecule has 0 amide bonds. The number of carbonyl (C=O) groups excluding carboxylic acids is 1. The number of hydrogen-bond acceptors (Lipinski definition) is 3. The molecule has 0 aromatic heterocycles. The Balaban J connectivity index is 1.65. The van der Waals surface area contributed by atoms with E-state index in [1.165, 1.54) is 5.56 Å². The van der Waals surface area contributed by atoms with Crippen LogP contribution in [0.3, 0.4) is 0 Å². The summed E-state index contributed by atoms with van der Waals surface area (Å²) in [6, 6.07) is 18.4. The molecule has 1 aliphatic rings. The number of rotatable bonds is 8. The Hall–Kier alpha value is -2.29. The van der Waals surface area contributed by atoms with Crippen molar-refractivity contribution in [3.05, 3.63) is 65.7 Å². The first kappa shape index (κ1) is 17.5. The lowest BCUT2D eigenvalue weighted by molar-refractivity contribution is -0.141. The fraction of sp³-hybridized carbons (Fsp3) is 0.409. The van der Waals surface area contributed by atoms with E-state index in [2.05, 4.69) is 31.2 Å². The van der Waals surface area contributed by atoms with Gasteiger partial charge >= 0.3 is 5.97 Å². The van der Waals surface area contributed by atoms with E-state index < -0.39 is 0 Å². The van der Waals surface area contributed by atoms with E-state index in [9.17, 15) is 4.79 Å². The number of hydrogen-bond donors (Lipinski definition) is 0. The molecule has 0 bridgehead atoms. The molecule has 0 aliphatic carbocycles. The molecule has 0 spiro atoms. The summed E-state index contributed by atoms with van der Waals surface area (Å²) in [6.45, 7) is 3.41. The highest BCUT2D eigenvalue weighted by Crippen LogP contribution is 2.30. The van der Waals surface area contributed by atoms with E-state index in [0.29, 0.717) is 13.0 Å². The molecular weight excluding hydrogens is 312 g/mol. The second-order valence-corrected chi connectivity index (χ2v) is 6.74. The van der Waals surface area contributed by atoms with Gasteiger partial charge in [-0.1, -0.05) is 55.8 Å². The van der Waals surface area contributed by atoms with Crippen LogP contribution < -0.4 is 4.74 Å². The predicted molar refractivity (Wildman–Crippen MR) is 98.6 cm³/mol. The second-order valence-electron chi connectivity index (χ2n) is 6.74. The third kappa shape index (κ3) is 4.85. The van der Waals surface area contributed by atoms with Crippen molar-refractivity contribution in [2.75, 3.05) is 13.2 Å². The first-order valence-corrected chi connectivity index (χ1v) is 9.18. The fourth-order valence-corrected chi connectivity index (χ4v) is 3.32. The number of ether oxygens (including phenoxy) is 2. The highest BCUT2D eigenvalue weighted by atomic mass is 16.5. The molecule has 0 radical (unpaired) electrons. The molecule has 0 saturated carbocycles. The van der Waals surface area contributed by atoms with Crippen molar-refractivity contribution in [2.45, 2.75) is 32.6 Å². The maximum absolute atomic E-state index is 12.2. The average molecular weight is 338 g/mol. The summed E-state index contributed by atoms with van der Waals surface area (Å²) in [5, 5.41) is 0. The zero-order valence-electron chi connectivity index (χ0n) is 14.8. The van der Waals surface area contributed by atoms with Crippen molar-refractivity contribution >= 4 is 5.97 Å². The molecule has 0 N–H and O–H groups in total. The van der Waals surface area contributed by atoms with Gasteiger partial charge in [0.15, 0.2) is 0 Å². The smallest absolute Gasteiger partial charge is 0.309 e. The van der Waals surface area contributed by atoms with E-state index in [1.54, 1.807) is 0 Å². The highest BCUT2D eigenvalue weighted by Gasteiger charge is 2.36. The van der Waals surface area contributed by atoms with E-state index >= 15 is 0 Å². The van der Waals surface area contributed by atoms with E-state index in [0.717, 1.165) is 37.2 Å². The molecule has 25 heavy (non-hydrogen) atoms. The van der Waals surface area contributed by atoms with Crippen molar-refractivity contribution in [1.82, 2.24) is 0 Å². The van der Waals surface area contributed by atoms with Crippen molar-refractivity contribution in [1.29, 1.82) is 0 Å². The largest absolute Gasteiger partial charge is 0.494 e. The lowest BCUT2D eigenvalue weighted by Crippen LogP contribution is -2.20. The van der Waals surface area contributed by atoms with Crippen LogP contribution in [-0.2, 0) is 22.4 Å². The highest BCUT2D eigenvalue weighted by molar-refractivity contribution is 5.75. The zero-order chi connectivity index (χ0) is 17.5. The molecule has 1 heterocycles. The van der Waals surface area contributed by atoms with Crippen molar-refractivity contribution in [3.8, 4) is 5.75 Å². The lowest BCUT2D eigenvalue weighted by Gasteiger charge is -2.16. The first-order valence-electron chi connectivity index (χ1n) is 9.18. The Labute approximate surface area is 150 Å². The van der Waals surface area contributed by atoms with Crippen LogP contribution in [-0.4, -0.2) is 19.2 Å². The molecule has 1 fully saturated rings. The quantitative estimate of drug-likeness (QED) is 0.527. The average Bonchev–Trinajstić information content (AvgIpc) is 2.97. The maximum atomic E-state index is 12.2. The van der Waals surface area contributed by atoms with Crippen LogP contribution in [0.2, 0.25) is 0 Å². The fourth-order valence-electron chi connectivity index (χ4n) is 3.32. The van der Waals surface area contributed by atoms with E-state index in [1.807, 2.05) is 30.3 Å². The van der Waals surface area contributed by atoms with Gasteiger partial charge in [-0.2, -0.15) is 0 Å². The van der Waals surface area contributed by atoms with Gasteiger partial charge in [-0.05, 0) is 42.5 Å². The standard InChI is InChI=1S/C22H26O3/c1-2-3-12-24-20-11-7-10-18(14-20)15-21-19(16-25-22(21)23)13-17-8-5-4-6-9-17/h4-11,14,19,21H,2-3,12-13,15-16H2,1H3/t19-,21+/m0/s1. The number of benzene rings is 2. The Morgan fingerprint density at radius 1 is 1.04 bits per heavy atom. The van der Waals surface area contributed by atoms with Gasteiger partial charge in [0.1, 0.15) is 5.75 Å². The number of cyclic esters (lactones) is 1. The summed E-state index contributed by atoms with van der Waals surface area (Å²) in [5.41, 5.74) is 2.39. The molecule has 2 aromatic rings. The van der Waals surface area contributed by atoms with Gasteiger partial charge in [-0.15, -0.1) is 0 Å². The minimum absolute atomic E-state index is 0.0711. The third-order valence-corrected chi connectivity index (χ3v) is 4.77. The summed E-state index contributed by atoms with van der Waals surface area (Å²) in [5.74, 6) is 0.973. The molecule has 1 saturated heterocycles. The van der Waals surface area contributed by atoms with Crippen LogP contribution in [0.5, 0.6) is 5.75 Å². The van der Waals surface area contributed by atoms with Gasteiger partial charge in [-0.3, -0.25) is 4.79 Å². The number of esters is 1. The van der Waals surface area contributed by atoms with Crippen LogP contribution in [0.15, 0.2) is 54.6 Å². The molecule has 1 aliphatic heterocycles. The van der Waals surface area contributed by atoms with Gasteiger partial charge in [0.2, 0.25) is 0 Å². The summed E-state index contributed by atoms with van der Waals surface area (Å²) >= 11 is 0. The Kier molecular flexibility index (Phi) is 6.10. The van der Waals surface area contributed by atoms with Gasteiger partial charge in [0.25, 0.3) is 0 Å². The van der Waals surface area contributed by atoms with Crippen LogP contribution in [0.1, 0.15) is 30.9 Å². The van der Waals surface area contributed by atoms with Gasteiger partial charge in [-0.25, -0.2) is 0 Å². The normalized spacial score (nSPS) is 19.6. The topological polar surface area (TPSA) is 35.5 Å². The van der Waals surface area contributed by atoms with Crippen molar-refractivity contribution in [3.63, 3.8) is 0 Å². The van der Waals surface area contributed by atoms with E-state index in [-0.39, 0.29) is 17.8 Å². The molecule has 132 valence electrons. The molecule has 3 rings (SSSR count). The van der Waals surface area contributed by atoms with Crippen LogP contribution in [0, 0.1) is 11.8 Å². The SMILES string of the molecule is CCCCOc1cccc(C[C@H]2C(=O)OC[C@@H]2Cc2ccccc2)c1. The Morgan fingerprint density at radius 2 is 1.84 bits per heavy atom. The molecule has 2 aromatic carbocycles. The predicted octanol–water partition coefficient (Wildman–Crippen LogP) is 4.44. The van der Waals surface area contributed by atoms with Crippen molar-refractivity contribution < 1.29 is 14.3 Å². The molecule has 0 unspecified atom stereocenters. The monoisotopic (exact) mass is 338 g/mol. The molecule has 3 heteroatoms. The second kappa shape index (κ2) is 8.70. The minimum atomic E-state index is -0.0777. The third-order valence-electron chi connectivity index (χ3n) is 4.77. The summed E-state index contributed by atoms with van der Waals surface area (Å²) in [6.07, 6.45) is 3.76. The van der Waals surface area contributed by atoms with Gasteiger partial charge in [0.05, 0.1) is 19.1 Å². The summed E-state index contributed by atoms with van der Waals surface area (Å²) in [7, 11) is 0. The van der Waals surface area contributed by atoms with Crippen LogP contribution in [0.4, 0.5) is 0 Å². The van der Waals surface area contributed by atoms with Gasteiger partial charge in [0, 0.05) is 5.92 Å². The maximum Gasteiger partial charge on any atom is 0.309 e. The lowest BCUT2D eigenvalue weighted by atomic mass is 9.85. The van der Waals surface area contributed by atoms with Crippen molar-refractivity contribution in [2.24, 2.45) is 11.8 Å². The number of unbranched alkanes of at least 4 members (excludes halogenated alkanes) is 1. The number of carbonyl (C=O) groups is 1. The molecule has 3 nitrogen and oxygen atoms in total. The van der Waals surface area contributed by atoms with Crippen LogP contribution >= 0.6 is 0 Å². The van der Waals surface area contributed by atoms with Gasteiger partial charge < -0.3 is 9.47 Å². The van der Waals surface area contributed by atoms with E-state index in [4.69, 9.17) is 9.47 Å². The first-order chi connectivity index (χ1) is 12.3. The Bertz CT molecular complexity index is 681. The zero-order valence-corrected chi connectivity index (χ0v) is 14.8. The van der Waals surface area contributed by atoms with Crippen LogP contribution in [0.25, 0.3) is 0 Å². The molecular formula is C22H26O3. The minimum Gasteiger partial charge on any atom is -0.494 e. The Morgan fingerprint density at radius 3 is 2.64 bits per heavy atom. The molecule has 2 atom stereocenters.